The summed E-state index contributed by atoms with van der Waals surface area (Å²) in [6, 6.07) is 17.4. The van der Waals surface area contributed by atoms with Crippen LogP contribution in [0.1, 0.15) is 17.5 Å². The normalized spacial score (nSPS) is 15.5. The van der Waals surface area contributed by atoms with Gasteiger partial charge in [0.2, 0.25) is 0 Å². The van der Waals surface area contributed by atoms with Gasteiger partial charge in [-0.05, 0) is 29.3 Å². The Kier molecular flexibility index (Phi) is 7.80. The molecule has 0 unspecified atom stereocenters. The lowest BCUT2D eigenvalue weighted by atomic mass is 10.2. The number of thiocarbonyl (C=S) groups is 1. The largest absolute Gasteiger partial charge is 0.461 e. The molecular weight excluding hydrogens is 470 g/mol. The maximum Gasteiger partial charge on any atom is 0.307 e. The van der Waals surface area contributed by atoms with Gasteiger partial charge in [0, 0.05) is 11.0 Å². The van der Waals surface area contributed by atoms with Crippen LogP contribution in [0.2, 0.25) is 0 Å². The minimum Gasteiger partial charge on any atom is -0.461 e. The van der Waals surface area contributed by atoms with Crippen molar-refractivity contribution in [2.24, 2.45) is 0 Å². The van der Waals surface area contributed by atoms with E-state index >= 15 is 0 Å². The summed E-state index contributed by atoms with van der Waals surface area (Å²) in [4.78, 5) is 26.6. The molecule has 0 saturated carbocycles. The molecule has 1 saturated heterocycles. The van der Waals surface area contributed by atoms with E-state index in [-0.39, 0.29) is 31.4 Å². The van der Waals surface area contributed by atoms with Crippen LogP contribution >= 0.6 is 39.9 Å². The standard InChI is InChI=1S/C22H18BrNO3S2/c23-18-11-9-17(10-12-18)15-27-20(25)13-14-24-21(26)19(29-22(24)28)8-4-7-16-5-2-1-3-6-16/h1-12H,13-15H2. The summed E-state index contributed by atoms with van der Waals surface area (Å²) in [5.41, 5.74) is 1.95. The molecule has 7 heteroatoms. The maximum absolute atomic E-state index is 12.5. The van der Waals surface area contributed by atoms with Gasteiger partial charge in [-0.25, -0.2) is 0 Å². The fourth-order valence-corrected chi connectivity index (χ4v) is 4.06. The van der Waals surface area contributed by atoms with Crippen LogP contribution in [0.4, 0.5) is 0 Å². The molecule has 29 heavy (non-hydrogen) atoms. The molecule has 0 N–H and O–H groups in total. The predicted octanol–water partition coefficient (Wildman–Crippen LogP) is 5.34. The molecule has 3 rings (SSSR count). The fourth-order valence-electron chi connectivity index (χ4n) is 2.54. The lowest BCUT2D eigenvalue weighted by molar-refractivity contribution is -0.145. The first kappa shape index (κ1) is 21.5. The third-order valence-electron chi connectivity index (χ3n) is 4.06. The van der Waals surface area contributed by atoms with Crippen molar-refractivity contribution in [3.05, 3.63) is 87.3 Å². The molecule has 0 atom stereocenters. The Morgan fingerprint density at radius 1 is 1.14 bits per heavy atom. The van der Waals surface area contributed by atoms with Crippen LogP contribution in [0.25, 0.3) is 6.08 Å². The third kappa shape index (κ3) is 6.39. The molecule has 1 amide bonds. The van der Waals surface area contributed by atoms with Crippen LogP contribution in [0.3, 0.4) is 0 Å². The van der Waals surface area contributed by atoms with E-state index in [0.29, 0.717) is 9.23 Å². The van der Waals surface area contributed by atoms with Crippen LogP contribution in [0.15, 0.2) is 76.1 Å². The molecule has 0 radical (unpaired) electrons. The minimum absolute atomic E-state index is 0.0934. The number of esters is 1. The molecule has 0 aliphatic carbocycles. The molecule has 148 valence electrons. The van der Waals surface area contributed by atoms with Gasteiger partial charge in [0.25, 0.3) is 5.91 Å². The molecular formula is C22H18BrNO3S2. The molecule has 0 spiro atoms. The average molecular weight is 488 g/mol. The van der Waals surface area contributed by atoms with E-state index in [2.05, 4.69) is 15.9 Å². The van der Waals surface area contributed by atoms with E-state index in [1.807, 2.05) is 66.7 Å². The summed E-state index contributed by atoms with van der Waals surface area (Å²) in [5, 5.41) is 0. The van der Waals surface area contributed by atoms with Gasteiger partial charge >= 0.3 is 5.97 Å². The van der Waals surface area contributed by atoms with Crippen LogP contribution in [-0.4, -0.2) is 27.6 Å². The van der Waals surface area contributed by atoms with Gasteiger partial charge in [0.05, 0.1) is 11.3 Å². The monoisotopic (exact) mass is 487 g/mol. The highest BCUT2D eigenvalue weighted by Crippen LogP contribution is 2.31. The summed E-state index contributed by atoms with van der Waals surface area (Å²) in [6.07, 6.45) is 5.59. The Morgan fingerprint density at radius 2 is 1.86 bits per heavy atom. The van der Waals surface area contributed by atoms with Gasteiger partial charge in [-0.2, -0.15) is 0 Å². The number of rotatable bonds is 7. The maximum atomic E-state index is 12.5. The van der Waals surface area contributed by atoms with Gasteiger partial charge in [0.15, 0.2) is 0 Å². The van der Waals surface area contributed by atoms with Gasteiger partial charge in [-0.1, -0.05) is 94.5 Å². The number of halogens is 1. The number of hydrogen-bond acceptors (Lipinski definition) is 5. The number of ether oxygens (including phenoxy) is 1. The molecule has 1 heterocycles. The first-order valence-electron chi connectivity index (χ1n) is 8.90. The van der Waals surface area contributed by atoms with Crippen molar-refractivity contribution in [2.45, 2.75) is 13.0 Å². The summed E-state index contributed by atoms with van der Waals surface area (Å²) in [5.74, 6) is -0.548. The summed E-state index contributed by atoms with van der Waals surface area (Å²) in [7, 11) is 0. The molecule has 1 fully saturated rings. The SMILES string of the molecule is O=C(CCN1C(=O)C(=CC=Cc2ccccc2)SC1=S)OCc1ccc(Br)cc1. The van der Waals surface area contributed by atoms with Crippen molar-refractivity contribution in [1.82, 2.24) is 4.90 Å². The molecule has 1 aliphatic heterocycles. The first-order chi connectivity index (χ1) is 14.0. The van der Waals surface area contributed by atoms with Gasteiger partial charge in [-0.3, -0.25) is 14.5 Å². The van der Waals surface area contributed by atoms with Crippen molar-refractivity contribution in [3.8, 4) is 0 Å². The number of nitrogens with zero attached hydrogens (tertiary/aromatic N) is 1. The zero-order valence-electron chi connectivity index (χ0n) is 15.4. The zero-order valence-corrected chi connectivity index (χ0v) is 18.6. The number of amides is 1. The van der Waals surface area contributed by atoms with Crippen molar-refractivity contribution in [1.29, 1.82) is 0 Å². The van der Waals surface area contributed by atoms with Gasteiger partial charge in [-0.15, -0.1) is 0 Å². The van der Waals surface area contributed by atoms with Crippen LogP contribution in [0.5, 0.6) is 0 Å². The molecule has 2 aromatic carbocycles. The van der Waals surface area contributed by atoms with Crippen LogP contribution < -0.4 is 0 Å². The Balaban J connectivity index is 1.49. The smallest absolute Gasteiger partial charge is 0.307 e. The first-order valence-corrected chi connectivity index (χ1v) is 10.9. The van der Waals surface area contributed by atoms with Gasteiger partial charge < -0.3 is 4.74 Å². The molecule has 2 aromatic rings. The average Bonchev–Trinajstić information content (AvgIpc) is 2.99. The Bertz CT molecular complexity index is 956. The van der Waals surface area contributed by atoms with E-state index < -0.39 is 0 Å². The number of allylic oxidation sites excluding steroid dienone is 2. The third-order valence-corrected chi connectivity index (χ3v) is 5.99. The quantitative estimate of drug-likeness (QED) is 0.299. The lowest BCUT2D eigenvalue weighted by Gasteiger charge is -2.13. The Morgan fingerprint density at radius 3 is 2.59 bits per heavy atom. The summed E-state index contributed by atoms with van der Waals surface area (Å²) >= 11 is 9.90. The second-order valence-electron chi connectivity index (χ2n) is 6.16. The number of benzene rings is 2. The van der Waals surface area contributed by atoms with Crippen LogP contribution in [0, 0.1) is 0 Å². The predicted molar refractivity (Wildman–Crippen MR) is 124 cm³/mol. The Hall–Kier alpha value is -2.22. The molecule has 4 nitrogen and oxygen atoms in total. The highest BCUT2D eigenvalue weighted by atomic mass is 79.9. The van der Waals surface area contributed by atoms with Crippen molar-refractivity contribution in [3.63, 3.8) is 0 Å². The summed E-state index contributed by atoms with van der Waals surface area (Å²) in [6.45, 7) is 0.415. The van der Waals surface area contributed by atoms with E-state index in [1.54, 1.807) is 6.08 Å². The zero-order chi connectivity index (χ0) is 20.6. The van der Waals surface area contributed by atoms with Crippen molar-refractivity contribution in [2.75, 3.05) is 6.54 Å². The van der Waals surface area contributed by atoms with Crippen LogP contribution in [-0.2, 0) is 20.9 Å². The van der Waals surface area contributed by atoms with E-state index in [4.69, 9.17) is 17.0 Å². The van der Waals surface area contributed by atoms with Crippen molar-refractivity contribution < 1.29 is 14.3 Å². The number of carbonyl (C=O) groups is 2. The van der Waals surface area contributed by atoms with Gasteiger partial charge in [0.1, 0.15) is 10.9 Å². The number of hydrogen-bond donors (Lipinski definition) is 0. The fraction of sp³-hybridized carbons (Fsp3) is 0.136. The lowest BCUT2D eigenvalue weighted by Crippen LogP contribution is -2.30. The van der Waals surface area contributed by atoms with E-state index in [1.165, 1.54) is 16.7 Å². The molecule has 0 bridgehead atoms. The number of carbonyl (C=O) groups excluding carboxylic acids is 2. The van der Waals surface area contributed by atoms with Crippen molar-refractivity contribution >= 4 is 62.2 Å². The Labute approximate surface area is 187 Å². The number of thioether (sulfide) groups is 1. The topological polar surface area (TPSA) is 46.6 Å². The highest BCUT2D eigenvalue weighted by molar-refractivity contribution is 9.10. The molecule has 1 aliphatic rings. The second-order valence-corrected chi connectivity index (χ2v) is 8.75. The molecule has 0 aromatic heterocycles. The minimum atomic E-state index is -0.366. The highest BCUT2D eigenvalue weighted by Gasteiger charge is 2.31. The van der Waals surface area contributed by atoms with E-state index in [0.717, 1.165) is 15.6 Å². The van der Waals surface area contributed by atoms with E-state index in [9.17, 15) is 9.59 Å². The summed E-state index contributed by atoms with van der Waals surface area (Å²) < 4.78 is 6.69. The second kappa shape index (κ2) is 10.5.